The molecular weight excluding hydrogens is 530 g/mol. The van der Waals surface area contributed by atoms with Gasteiger partial charge in [0.2, 0.25) is 0 Å². The molecule has 0 aliphatic carbocycles. The molecule has 41 heavy (non-hydrogen) atoms. The van der Waals surface area contributed by atoms with Gasteiger partial charge in [-0.1, -0.05) is 30.3 Å². The zero-order valence-electron chi connectivity index (χ0n) is 23.0. The van der Waals surface area contributed by atoms with E-state index in [2.05, 4.69) is 5.32 Å². The van der Waals surface area contributed by atoms with E-state index in [-0.39, 0.29) is 11.6 Å². The molecule has 1 aliphatic rings. The molecule has 1 aromatic heterocycles. The van der Waals surface area contributed by atoms with E-state index in [4.69, 9.17) is 9.47 Å². The summed E-state index contributed by atoms with van der Waals surface area (Å²) in [5, 5.41) is 2.58. The minimum absolute atomic E-state index is 0.139. The molecule has 5 rings (SSSR count). The lowest BCUT2D eigenvalue weighted by atomic mass is 10.1. The lowest BCUT2D eigenvalue weighted by Gasteiger charge is -2.34. The molecule has 0 bridgehead atoms. The van der Waals surface area contributed by atoms with Crippen molar-refractivity contribution in [3.05, 3.63) is 95.7 Å². The molecule has 0 atom stereocenters. The number of methoxy groups -OCH3 is 2. The zero-order chi connectivity index (χ0) is 29.1. The van der Waals surface area contributed by atoms with Gasteiger partial charge in [-0.3, -0.25) is 4.79 Å². The van der Waals surface area contributed by atoms with Crippen LogP contribution in [0.4, 0.5) is 19.3 Å². The maximum absolute atomic E-state index is 13.8. The van der Waals surface area contributed by atoms with Gasteiger partial charge < -0.3 is 29.2 Å². The van der Waals surface area contributed by atoms with E-state index in [1.165, 1.54) is 6.07 Å². The first-order chi connectivity index (χ1) is 19.8. The maximum atomic E-state index is 13.8. The van der Waals surface area contributed by atoms with Crippen LogP contribution < -0.4 is 14.8 Å². The minimum atomic E-state index is -1.04. The number of hydrogen-bond donors (Lipinski definition) is 1. The van der Waals surface area contributed by atoms with E-state index in [0.717, 1.165) is 34.8 Å². The maximum Gasteiger partial charge on any atom is 0.321 e. The molecule has 1 N–H and O–H groups in total. The van der Waals surface area contributed by atoms with E-state index >= 15 is 0 Å². The van der Waals surface area contributed by atoms with Gasteiger partial charge in [0.25, 0.3) is 5.91 Å². The molecule has 0 unspecified atom stereocenters. The monoisotopic (exact) mass is 560 g/mol. The van der Waals surface area contributed by atoms with Gasteiger partial charge in [-0.15, -0.1) is 0 Å². The van der Waals surface area contributed by atoms with Gasteiger partial charge >= 0.3 is 6.03 Å². The van der Waals surface area contributed by atoms with E-state index in [1.807, 2.05) is 66.1 Å². The van der Waals surface area contributed by atoms with Crippen LogP contribution in [0.25, 0.3) is 16.9 Å². The number of nitrogens with zero attached hydrogens (tertiary/aromatic N) is 3. The Balaban J connectivity index is 1.38. The average molecular weight is 561 g/mol. The van der Waals surface area contributed by atoms with Crippen molar-refractivity contribution in [2.45, 2.75) is 6.92 Å². The van der Waals surface area contributed by atoms with Gasteiger partial charge in [0, 0.05) is 55.4 Å². The number of benzene rings is 3. The van der Waals surface area contributed by atoms with Crippen LogP contribution in [0.3, 0.4) is 0 Å². The van der Waals surface area contributed by atoms with E-state index in [1.54, 1.807) is 24.0 Å². The molecule has 4 aromatic rings. The van der Waals surface area contributed by atoms with E-state index < -0.39 is 17.7 Å². The number of nitrogens with one attached hydrogen (secondary N) is 1. The first-order valence-corrected chi connectivity index (χ1v) is 13.1. The molecule has 0 radical (unpaired) electrons. The van der Waals surface area contributed by atoms with Gasteiger partial charge in [-0.05, 0) is 42.8 Å². The van der Waals surface area contributed by atoms with Crippen LogP contribution in [-0.2, 0) is 0 Å². The summed E-state index contributed by atoms with van der Waals surface area (Å²) in [6.07, 6.45) is 0. The number of halogens is 2. The molecule has 10 heteroatoms. The number of carbonyl (C=O) groups excluding carboxylic acids is 2. The fourth-order valence-corrected chi connectivity index (χ4v) is 5.00. The van der Waals surface area contributed by atoms with E-state index in [0.29, 0.717) is 43.2 Å². The molecular formula is C31H30F2N4O4. The van der Waals surface area contributed by atoms with Crippen molar-refractivity contribution in [3.8, 4) is 28.4 Å². The number of amides is 3. The first kappa shape index (κ1) is 27.7. The predicted octanol–water partition coefficient (Wildman–Crippen LogP) is 5.74. The minimum Gasteiger partial charge on any atom is -0.493 e. The second-order valence-electron chi connectivity index (χ2n) is 9.61. The van der Waals surface area contributed by atoms with Crippen molar-refractivity contribution in [1.82, 2.24) is 14.4 Å². The number of urea groups is 1. The molecule has 2 heterocycles. The lowest BCUT2D eigenvalue weighted by molar-refractivity contribution is 0.0671. The van der Waals surface area contributed by atoms with Crippen LogP contribution in [0.15, 0.2) is 72.8 Å². The van der Waals surface area contributed by atoms with Crippen LogP contribution >= 0.6 is 0 Å². The zero-order valence-corrected chi connectivity index (χ0v) is 23.0. The summed E-state index contributed by atoms with van der Waals surface area (Å²) < 4.78 is 39.7. The van der Waals surface area contributed by atoms with Crippen molar-refractivity contribution in [2.75, 3.05) is 45.7 Å². The van der Waals surface area contributed by atoms with E-state index in [9.17, 15) is 18.4 Å². The summed E-state index contributed by atoms with van der Waals surface area (Å²) in [6.45, 7) is 3.14. The second kappa shape index (κ2) is 11.7. The Morgan fingerprint density at radius 3 is 2.12 bits per heavy atom. The third-order valence-electron chi connectivity index (χ3n) is 7.20. The number of rotatable bonds is 6. The average Bonchev–Trinajstić information content (AvgIpc) is 3.35. The topological polar surface area (TPSA) is 76.0 Å². The fraction of sp³-hybridized carbons (Fsp3) is 0.226. The van der Waals surface area contributed by atoms with Crippen LogP contribution in [0.5, 0.6) is 11.5 Å². The Morgan fingerprint density at radius 2 is 1.46 bits per heavy atom. The summed E-state index contributed by atoms with van der Waals surface area (Å²) in [5.41, 5.74) is 4.09. The highest BCUT2D eigenvalue weighted by atomic mass is 19.2. The van der Waals surface area contributed by atoms with Crippen molar-refractivity contribution in [1.29, 1.82) is 0 Å². The first-order valence-electron chi connectivity index (χ1n) is 13.1. The summed E-state index contributed by atoms with van der Waals surface area (Å²) in [4.78, 5) is 29.7. The Bertz CT molecular complexity index is 1580. The predicted molar refractivity (Wildman–Crippen MR) is 152 cm³/mol. The standard InChI is InChI=1S/C31H30F2N4O4/c1-20-24(30(38)35-13-15-36(16-14-35)31(39)34-22-9-11-25(32)26(33)17-22)19-27(21-7-5-4-6-8-21)37(20)23-10-12-28(40-2)29(18-23)41-3/h4-12,17-19H,13-16H2,1-3H3,(H,34,39). The Hall–Kier alpha value is -4.86. The Morgan fingerprint density at radius 1 is 0.780 bits per heavy atom. The largest absolute Gasteiger partial charge is 0.493 e. The van der Waals surface area contributed by atoms with Crippen molar-refractivity contribution in [3.63, 3.8) is 0 Å². The number of carbonyl (C=O) groups is 2. The summed E-state index contributed by atoms with van der Waals surface area (Å²) in [5.74, 6) is -0.989. The summed E-state index contributed by atoms with van der Waals surface area (Å²) in [6, 6.07) is 20.1. The number of piperazine rings is 1. The number of aromatic nitrogens is 1. The Kier molecular flexibility index (Phi) is 7.91. The molecule has 1 fully saturated rings. The molecule has 8 nitrogen and oxygen atoms in total. The smallest absolute Gasteiger partial charge is 0.321 e. The van der Waals surface area contributed by atoms with Crippen LogP contribution in [0.2, 0.25) is 0 Å². The molecule has 3 aromatic carbocycles. The van der Waals surface area contributed by atoms with Gasteiger partial charge in [0.15, 0.2) is 23.1 Å². The highest BCUT2D eigenvalue weighted by molar-refractivity contribution is 5.98. The van der Waals surface area contributed by atoms with Gasteiger partial charge in [0.1, 0.15) is 0 Å². The van der Waals surface area contributed by atoms with Crippen molar-refractivity contribution < 1.29 is 27.8 Å². The Labute approximate surface area is 236 Å². The van der Waals surface area contributed by atoms with Crippen molar-refractivity contribution in [2.24, 2.45) is 0 Å². The molecule has 1 aliphatic heterocycles. The molecule has 0 saturated carbocycles. The SMILES string of the molecule is COc1ccc(-n2c(-c3ccccc3)cc(C(=O)N3CCN(C(=O)Nc4ccc(F)c(F)c4)CC3)c2C)cc1OC. The highest BCUT2D eigenvalue weighted by Gasteiger charge is 2.28. The number of anilines is 1. The van der Waals surface area contributed by atoms with Crippen molar-refractivity contribution >= 4 is 17.6 Å². The van der Waals surface area contributed by atoms with Crippen LogP contribution in [-0.4, -0.2) is 66.7 Å². The third-order valence-corrected chi connectivity index (χ3v) is 7.20. The van der Waals surface area contributed by atoms with Gasteiger partial charge in [-0.25, -0.2) is 13.6 Å². The summed E-state index contributed by atoms with van der Waals surface area (Å²) >= 11 is 0. The molecule has 1 saturated heterocycles. The van der Waals surface area contributed by atoms with Crippen LogP contribution in [0, 0.1) is 18.6 Å². The normalized spacial score (nSPS) is 13.2. The van der Waals surface area contributed by atoms with Gasteiger partial charge in [0.05, 0.1) is 25.5 Å². The molecule has 3 amide bonds. The van der Waals surface area contributed by atoms with Crippen LogP contribution in [0.1, 0.15) is 16.1 Å². The number of ether oxygens (including phenoxy) is 2. The number of hydrogen-bond acceptors (Lipinski definition) is 4. The quantitative estimate of drug-likeness (QED) is 0.327. The highest BCUT2D eigenvalue weighted by Crippen LogP contribution is 2.35. The summed E-state index contributed by atoms with van der Waals surface area (Å²) in [7, 11) is 3.16. The van der Waals surface area contributed by atoms with Gasteiger partial charge in [-0.2, -0.15) is 0 Å². The lowest BCUT2D eigenvalue weighted by Crippen LogP contribution is -2.51. The second-order valence-corrected chi connectivity index (χ2v) is 9.61. The molecule has 0 spiro atoms. The third kappa shape index (κ3) is 5.58. The molecule has 212 valence electrons. The fourth-order valence-electron chi connectivity index (χ4n) is 5.00.